The maximum absolute atomic E-state index is 13.2. The van der Waals surface area contributed by atoms with E-state index in [1.807, 2.05) is 0 Å². The Morgan fingerprint density at radius 1 is 1.00 bits per heavy atom. The van der Waals surface area contributed by atoms with Gasteiger partial charge in [0.15, 0.2) is 11.5 Å². The van der Waals surface area contributed by atoms with Crippen LogP contribution in [0.25, 0.3) is 0 Å². The summed E-state index contributed by atoms with van der Waals surface area (Å²) in [6, 6.07) is 12.1. The van der Waals surface area contributed by atoms with E-state index in [9.17, 15) is 28.0 Å². The molecule has 1 aliphatic heterocycles. The van der Waals surface area contributed by atoms with Crippen LogP contribution in [0.4, 0.5) is 13.2 Å². The number of ether oxygens (including phenoxy) is 1. The third-order valence-corrected chi connectivity index (χ3v) is 4.83. The van der Waals surface area contributed by atoms with Crippen LogP contribution in [-0.2, 0) is 10.9 Å². The van der Waals surface area contributed by atoms with Gasteiger partial charge in [-0.05, 0) is 11.6 Å². The second-order valence-electron chi connectivity index (χ2n) is 6.49. The lowest BCUT2D eigenvalue weighted by Gasteiger charge is -2.31. The first-order chi connectivity index (χ1) is 13.7. The minimum Gasteiger partial charge on any atom is -0.436 e. The van der Waals surface area contributed by atoms with Crippen molar-refractivity contribution in [1.29, 1.82) is 5.26 Å². The Hall–Kier alpha value is -3.86. The zero-order valence-corrected chi connectivity index (χ0v) is 14.6. The van der Waals surface area contributed by atoms with E-state index < -0.39 is 35.1 Å². The van der Waals surface area contributed by atoms with Crippen molar-refractivity contribution in [2.24, 2.45) is 5.73 Å². The highest BCUT2D eigenvalue weighted by molar-refractivity contribution is 6.27. The van der Waals surface area contributed by atoms with Crippen LogP contribution in [-0.4, -0.2) is 11.6 Å². The summed E-state index contributed by atoms with van der Waals surface area (Å²) in [5, 5.41) is 9.55. The number of ketones is 2. The molecule has 29 heavy (non-hydrogen) atoms. The topological polar surface area (TPSA) is 93.2 Å². The van der Waals surface area contributed by atoms with Crippen molar-refractivity contribution < 1.29 is 27.5 Å². The average Bonchev–Trinajstić information content (AvgIpc) is 2.70. The van der Waals surface area contributed by atoms with Crippen LogP contribution >= 0.6 is 0 Å². The summed E-state index contributed by atoms with van der Waals surface area (Å²) in [4.78, 5) is 26.0. The van der Waals surface area contributed by atoms with Gasteiger partial charge >= 0.3 is 6.18 Å². The zero-order valence-electron chi connectivity index (χ0n) is 14.6. The van der Waals surface area contributed by atoms with Crippen LogP contribution in [0, 0.1) is 11.3 Å². The molecule has 0 amide bonds. The lowest BCUT2D eigenvalue weighted by atomic mass is 9.75. The Labute approximate surface area is 162 Å². The molecule has 0 aromatic heterocycles. The normalized spacial score (nSPS) is 18.8. The van der Waals surface area contributed by atoms with Gasteiger partial charge in [-0.15, -0.1) is 0 Å². The molecular formula is C21H11F3N2O3. The highest BCUT2D eigenvalue weighted by atomic mass is 19.4. The van der Waals surface area contributed by atoms with Crippen molar-refractivity contribution in [3.8, 4) is 6.07 Å². The van der Waals surface area contributed by atoms with E-state index >= 15 is 0 Å². The van der Waals surface area contributed by atoms with Crippen molar-refractivity contribution in [3.05, 3.63) is 93.6 Å². The average molecular weight is 396 g/mol. The maximum Gasteiger partial charge on any atom is 0.416 e. The SMILES string of the molecule is N#CC1=C(N)OC2=C(C(=O)c3ccccc3C2=O)[C@H]1c1cccc(C(F)(F)F)c1. The molecule has 0 unspecified atom stereocenters. The number of Topliss-reactive ketones (excluding diaryl/α,β-unsaturated/α-hetero) is 2. The molecule has 4 rings (SSSR count). The van der Waals surface area contributed by atoms with Gasteiger partial charge in [0.05, 0.1) is 17.1 Å². The summed E-state index contributed by atoms with van der Waals surface area (Å²) in [7, 11) is 0. The van der Waals surface area contributed by atoms with E-state index in [4.69, 9.17) is 10.5 Å². The van der Waals surface area contributed by atoms with Crippen LogP contribution in [0.3, 0.4) is 0 Å². The zero-order chi connectivity index (χ0) is 20.9. The lowest BCUT2D eigenvalue weighted by molar-refractivity contribution is -0.137. The third kappa shape index (κ3) is 2.79. The van der Waals surface area contributed by atoms with Gasteiger partial charge in [-0.1, -0.05) is 42.5 Å². The summed E-state index contributed by atoms with van der Waals surface area (Å²) in [5.41, 5.74) is 4.62. The van der Waals surface area contributed by atoms with Gasteiger partial charge in [-0.2, -0.15) is 18.4 Å². The number of hydrogen-bond donors (Lipinski definition) is 1. The van der Waals surface area contributed by atoms with E-state index in [1.165, 1.54) is 24.3 Å². The van der Waals surface area contributed by atoms with Gasteiger partial charge in [-0.25, -0.2) is 0 Å². The predicted molar refractivity (Wildman–Crippen MR) is 94.2 cm³/mol. The molecule has 2 aliphatic rings. The Morgan fingerprint density at radius 2 is 1.66 bits per heavy atom. The molecule has 0 radical (unpaired) electrons. The van der Waals surface area contributed by atoms with Crippen LogP contribution in [0.1, 0.15) is 37.8 Å². The van der Waals surface area contributed by atoms with Crippen molar-refractivity contribution in [3.63, 3.8) is 0 Å². The van der Waals surface area contributed by atoms with Gasteiger partial charge < -0.3 is 10.5 Å². The number of rotatable bonds is 1. The molecule has 0 fully saturated rings. The van der Waals surface area contributed by atoms with Crippen LogP contribution in [0.5, 0.6) is 0 Å². The highest BCUT2D eigenvalue weighted by Gasteiger charge is 2.44. The molecule has 8 heteroatoms. The van der Waals surface area contributed by atoms with Gasteiger partial charge in [0.25, 0.3) is 0 Å². The van der Waals surface area contributed by atoms with E-state index in [0.29, 0.717) is 0 Å². The highest BCUT2D eigenvalue weighted by Crippen LogP contribution is 2.44. The van der Waals surface area contributed by atoms with Gasteiger partial charge in [0.1, 0.15) is 11.6 Å². The van der Waals surface area contributed by atoms with E-state index in [0.717, 1.165) is 12.1 Å². The fourth-order valence-electron chi connectivity index (χ4n) is 3.53. The van der Waals surface area contributed by atoms with Gasteiger partial charge in [0.2, 0.25) is 11.7 Å². The molecule has 1 atom stereocenters. The number of nitriles is 1. The summed E-state index contributed by atoms with van der Waals surface area (Å²) >= 11 is 0. The van der Waals surface area contributed by atoms with Crippen LogP contribution in [0.2, 0.25) is 0 Å². The fourth-order valence-corrected chi connectivity index (χ4v) is 3.53. The molecule has 2 aromatic carbocycles. The van der Waals surface area contributed by atoms with E-state index in [-0.39, 0.29) is 33.6 Å². The van der Waals surface area contributed by atoms with Crippen LogP contribution in [0.15, 0.2) is 71.3 Å². The Bertz CT molecular complexity index is 1190. The molecule has 2 N–H and O–H groups in total. The van der Waals surface area contributed by atoms with Crippen molar-refractivity contribution in [2.75, 3.05) is 0 Å². The summed E-state index contributed by atoms with van der Waals surface area (Å²) in [6.45, 7) is 0. The minimum atomic E-state index is -4.63. The van der Waals surface area contributed by atoms with Crippen molar-refractivity contribution in [1.82, 2.24) is 0 Å². The van der Waals surface area contributed by atoms with Gasteiger partial charge in [-0.3, -0.25) is 9.59 Å². The maximum atomic E-state index is 13.2. The fraction of sp³-hybridized carbons (Fsp3) is 0.0952. The summed E-state index contributed by atoms with van der Waals surface area (Å²) < 4.78 is 44.9. The molecular weight excluding hydrogens is 385 g/mol. The molecule has 1 heterocycles. The number of carbonyl (C=O) groups excluding carboxylic acids is 2. The first-order valence-electron chi connectivity index (χ1n) is 8.41. The van der Waals surface area contributed by atoms with Crippen molar-refractivity contribution >= 4 is 11.6 Å². The summed E-state index contributed by atoms with van der Waals surface area (Å²) in [6.07, 6.45) is -4.63. The Balaban J connectivity index is 1.97. The quantitative estimate of drug-likeness (QED) is 0.790. The molecule has 0 saturated carbocycles. The Kier molecular flexibility index (Phi) is 4.05. The largest absolute Gasteiger partial charge is 0.436 e. The minimum absolute atomic E-state index is 0.00987. The molecule has 0 spiro atoms. The summed E-state index contributed by atoms with van der Waals surface area (Å²) in [5.74, 6) is -3.26. The third-order valence-electron chi connectivity index (χ3n) is 4.83. The number of allylic oxidation sites excluding steroid dienone is 3. The second kappa shape index (κ2) is 6.34. The number of nitrogens with two attached hydrogens (primary N) is 1. The molecule has 5 nitrogen and oxygen atoms in total. The lowest BCUT2D eigenvalue weighted by Crippen LogP contribution is -2.32. The molecule has 144 valence electrons. The number of carbonyl (C=O) groups is 2. The van der Waals surface area contributed by atoms with Gasteiger partial charge in [0, 0.05) is 11.1 Å². The van der Waals surface area contributed by atoms with E-state index in [2.05, 4.69) is 0 Å². The molecule has 0 saturated heterocycles. The number of benzene rings is 2. The van der Waals surface area contributed by atoms with Crippen LogP contribution < -0.4 is 5.73 Å². The number of hydrogen-bond acceptors (Lipinski definition) is 5. The monoisotopic (exact) mass is 396 g/mol. The van der Waals surface area contributed by atoms with E-state index in [1.54, 1.807) is 18.2 Å². The molecule has 2 aromatic rings. The first-order valence-corrected chi connectivity index (χ1v) is 8.41. The number of halogens is 3. The molecule has 0 bridgehead atoms. The molecule has 1 aliphatic carbocycles. The van der Waals surface area contributed by atoms with Crippen molar-refractivity contribution in [2.45, 2.75) is 12.1 Å². The second-order valence-corrected chi connectivity index (χ2v) is 6.49. The predicted octanol–water partition coefficient (Wildman–Crippen LogP) is 3.85. The standard InChI is InChI=1S/C21H11F3N2O3/c22-21(23,24)11-5-3-4-10(8-11)15-14(9-25)20(26)29-19-16(15)17(27)12-6-1-2-7-13(12)18(19)28/h1-8,15H,26H2/t15-/m0/s1. The number of fused-ring (bicyclic) bond motifs is 1. The smallest absolute Gasteiger partial charge is 0.416 e. The first kappa shape index (κ1) is 18.5. The number of nitrogens with zero attached hydrogens (tertiary/aromatic N) is 1. The number of alkyl halides is 3. The Morgan fingerprint density at radius 3 is 2.28 bits per heavy atom.